The Bertz CT molecular complexity index is 990. The minimum Gasteiger partial charge on any atom is -0.445 e. The number of benzene rings is 1. The van der Waals surface area contributed by atoms with Gasteiger partial charge in [-0.25, -0.2) is 9.59 Å². The standard InChI is InChI=1S/C24H35ClN6O6/c1-15(2)19(21(33)30-31-26)29-20(32)18(28-23(35)37-24(3,4)5)12-8-9-13-27-22(34)36-14-16-10-6-7-11-17(16)25/h6-7,10-11,15,18-19H,8-9,12-14H2,1-5H3,(H,27,34)(H,28,35)(H,29,32)/t18-,19-/m0/s1. The van der Waals surface area contributed by atoms with E-state index in [9.17, 15) is 19.2 Å². The van der Waals surface area contributed by atoms with Crippen molar-refractivity contribution in [2.24, 2.45) is 11.0 Å². The van der Waals surface area contributed by atoms with Gasteiger partial charge in [-0.1, -0.05) is 43.6 Å². The molecule has 1 aromatic carbocycles. The van der Waals surface area contributed by atoms with Crippen LogP contribution in [0.25, 0.3) is 10.4 Å². The highest BCUT2D eigenvalue weighted by molar-refractivity contribution is 6.31. The molecule has 4 amide bonds. The van der Waals surface area contributed by atoms with E-state index in [2.05, 4.69) is 26.0 Å². The van der Waals surface area contributed by atoms with Crippen LogP contribution in [0, 0.1) is 5.92 Å². The Morgan fingerprint density at radius 2 is 1.76 bits per heavy atom. The molecule has 3 N–H and O–H groups in total. The van der Waals surface area contributed by atoms with Gasteiger partial charge in [0.15, 0.2) is 0 Å². The topological polar surface area (TPSA) is 172 Å². The van der Waals surface area contributed by atoms with E-state index in [-0.39, 0.29) is 25.5 Å². The zero-order valence-corrected chi connectivity index (χ0v) is 22.5. The fourth-order valence-corrected chi connectivity index (χ4v) is 3.26. The van der Waals surface area contributed by atoms with Gasteiger partial charge in [-0.2, -0.15) is 0 Å². The summed E-state index contributed by atoms with van der Waals surface area (Å²) in [5, 5.41) is 11.2. The first-order valence-electron chi connectivity index (χ1n) is 11.9. The van der Waals surface area contributed by atoms with Gasteiger partial charge in [-0.15, -0.1) is 0 Å². The maximum atomic E-state index is 12.9. The van der Waals surface area contributed by atoms with Gasteiger partial charge in [0.25, 0.3) is 0 Å². The molecule has 0 aliphatic rings. The molecule has 2 atom stereocenters. The number of azide groups is 1. The molecule has 0 radical (unpaired) electrons. The maximum absolute atomic E-state index is 12.9. The minimum atomic E-state index is -1.05. The lowest BCUT2D eigenvalue weighted by Gasteiger charge is -2.25. The van der Waals surface area contributed by atoms with Crippen LogP contribution in [-0.4, -0.2) is 48.2 Å². The van der Waals surface area contributed by atoms with E-state index in [0.29, 0.717) is 23.4 Å². The van der Waals surface area contributed by atoms with Crippen molar-refractivity contribution in [3.63, 3.8) is 0 Å². The second kappa shape index (κ2) is 15.6. The first-order valence-corrected chi connectivity index (χ1v) is 12.2. The summed E-state index contributed by atoms with van der Waals surface area (Å²) in [6, 6.07) is 4.94. The lowest BCUT2D eigenvalue weighted by atomic mass is 10.0. The van der Waals surface area contributed by atoms with E-state index in [1.54, 1.807) is 58.9 Å². The normalized spacial score (nSPS) is 12.5. The lowest BCUT2D eigenvalue weighted by molar-refractivity contribution is -0.129. The third-order valence-corrected chi connectivity index (χ3v) is 5.26. The van der Waals surface area contributed by atoms with Crippen LogP contribution in [-0.2, 0) is 25.7 Å². The van der Waals surface area contributed by atoms with Gasteiger partial charge in [-0.3, -0.25) is 9.59 Å². The molecule has 0 saturated heterocycles. The van der Waals surface area contributed by atoms with Gasteiger partial charge in [0.2, 0.25) is 11.8 Å². The van der Waals surface area contributed by atoms with Crippen LogP contribution >= 0.6 is 11.6 Å². The predicted molar refractivity (Wildman–Crippen MR) is 138 cm³/mol. The van der Waals surface area contributed by atoms with Crippen LogP contribution in [0.3, 0.4) is 0 Å². The molecule has 0 aromatic heterocycles. The van der Waals surface area contributed by atoms with Crippen LogP contribution in [0.1, 0.15) is 59.4 Å². The molecule has 13 heteroatoms. The van der Waals surface area contributed by atoms with E-state index >= 15 is 0 Å². The second-order valence-corrected chi connectivity index (χ2v) is 9.95. The van der Waals surface area contributed by atoms with Crippen molar-refractivity contribution in [2.45, 2.75) is 78.2 Å². The average molecular weight is 539 g/mol. The molecule has 1 aromatic rings. The van der Waals surface area contributed by atoms with Crippen LogP contribution in [0.5, 0.6) is 0 Å². The zero-order chi connectivity index (χ0) is 28.0. The van der Waals surface area contributed by atoms with E-state index in [1.165, 1.54) is 0 Å². The van der Waals surface area contributed by atoms with E-state index in [1.807, 2.05) is 0 Å². The molecular weight excluding hydrogens is 504 g/mol. The maximum Gasteiger partial charge on any atom is 0.408 e. The molecule has 0 fully saturated rings. The second-order valence-electron chi connectivity index (χ2n) is 9.55. The number of nitrogens with zero attached hydrogens (tertiary/aromatic N) is 3. The summed E-state index contributed by atoms with van der Waals surface area (Å²) in [4.78, 5) is 51.7. The number of amides is 4. The lowest BCUT2D eigenvalue weighted by Crippen LogP contribution is -2.53. The van der Waals surface area contributed by atoms with E-state index in [4.69, 9.17) is 26.6 Å². The number of rotatable bonds is 12. The molecule has 0 heterocycles. The van der Waals surface area contributed by atoms with Gasteiger partial charge in [0, 0.05) is 22.0 Å². The highest BCUT2D eigenvalue weighted by Gasteiger charge is 2.29. The number of unbranched alkanes of at least 4 members (excludes halogenated alkanes) is 1. The fraction of sp³-hybridized carbons (Fsp3) is 0.583. The number of hydrogen-bond acceptors (Lipinski definition) is 6. The number of ether oxygens (including phenoxy) is 2. The quantitative estimate of drug-likeness (QED) is 0.152. The highest BCUT2D eigenvalue weighted by Crippen LogP contribution is 2.15. The fourth-order valence-electron chi connectivity index (χ4n) is 3.07. The molecular formula is C24H35ClN6O6. The molecule has 0 bridgehead atoms. The molecule has 0 aliphatic heterocycles. The summed E-state index contributed by atoms with van der Waals surface area (Å²) >= 11 is 6.04. The summed E-state index contributed by atoms with van der Waals surface area (Å²) < 4.78 is 10.4. The SMILES string of the molecule is CC(C)[C@H](NC(=O)[C@H](CCCCNC(=O)OCc1ccccc1Cl)NC(=O)OC(C)(C)C)C(=O)N=[N+]=[N-]. The van der Waals surface area contributed by atoms with Gasteiger partial charge >= 0.3 is 12.2 Å². The van der Waals surface area contributed by atoms with Gasteiger partial charge in [0.1, 0.15) is 18.2 Å². The van der Waals surface area contributed by atoms with E-state index in [0.717, 1.165) is 0 Å². The Balaban J connectivity index is 2.65. The largest absolute Gasteiger partial charge is 0.445 e. The van der Waals surface area contributed by atoms with Crippen molar-refractivity contribution < 1.29 is 28.7 Å². The summed E-state index contributed by atoms with van der Waals surface area (Å²) in [6.45, 7) is 8.72. The molecule has 0 saturated carbocycles. The van der Waals surface area contributed by atoms with Crippen molar-refractivity contribution >= 4 is 35.6 Å². The molecule has 0 aliphatic carbocycles. The van der Waals surface area contributed by atoms with Crippen molar-refractivity contribution in [3.05, 3.63) is 45.3 Å². The Morgan fingerprint density at radius 3 is 2.35 bits per heavy atom. The van der Waals surface area contributed by atoms with Crippen molar-refractivity contribution in [2.75, 3.05) is 6.54 Å². The summed E-state index contributed by atoms with van der Waals surface area (Å²) in [5.74, 6) is -1.82. The zero-order valence-electron chi connectivity index (χ0n) is 21.7. The first kappa shape index (κ1) is 31.5. The Morgan fingerprint density at radius 1 is 1.08 bits per heavy atom. The molecule has 12 nitrogen and oxygen atoms in total. The molecule has 204 valence electrons. The van der Waals surface area contributed by atoms with Crippen molar-refractivity contribution in [1.29, 1.82) is 0 Å². The van der Waals surface area contributed by atoms with Gasteiger partial charge < -0.3 is 25.4 Å². The molecule has 0 spiro atoms. The third kappa shape index (κ3) is 12.9. The molecule has 0 unspecified atom stereocenters. The number of nitrogens with one attached hydrogen (secondary N) is 3. The Kier molecular flexibility index (Phi) is 13.3. The van der Waals surface area contributed by atoms with Crippen LogP contribution in [0.15, 0.2) is 29.4 Å². The monoisotopic (exact) mass is 538 g/mol. The number of hydrogen-bond donors (Lipinski definition) is 3. The number of halogens is 1. The summed E-state index contributed by atoms with van der Waals surface area (Å²) in [6.07, 6.45) is -0.294. The predicted octanol–water partition coefficient (Wildman–Crippen LogP) is 4.61. The van der Waals surface area contributed by atoms with E-state index < -0.39 is 41.7 Å². The summed E-state index contributed by atoms with van der Waals surface area (Å²) in [5.41, 5.74) is 8.45. The number of carbonyl (C=O) groups is 4. The highest BCUT2D eigenvalue weighted by atomic mass is 35.5. The summed E-state index contributed by atoms with van der Waals surface area (Å²) in [7, 11) is 0. The van der Waals surface area contributed by atoms with Gasteiger partial charge in [-0.05, 0) is 62.7 Å². The van der Waals surface area contributed by atoms with Crippen LogP contribution in [0.4, 0.5) is 9.59 Å². The minimum absolute atomic E-state index is 0.0269. The Labute approximate surface area is 221 Å². The molecule has 37 heavy (non-hydrogen) atoms. The van der Waals surface area contributed by atoms with Crippen molar-refractivity contribution in [3.8, 4) is 0 Å². The molecule has 1 rings (SSSR count). The number of carbonyl (C=O) groups excluding carboxylic acids is 4. The average Bonchev–Trinajstić information content (AvgIpc) is 2.79. The van der Waals surface area contributed by atoms with Gasteiger partial charge in [0.05, 0.1) is 6.04 Å². The van der Waals surface area contributed by atoms with Crippen LogP contribution in [0.2, 0.25) is 5.02 Å². The first-order chi connectivity index (χ1) is 17.3. The van der Waals surface area contributed by atoms with Crippen LogP contribution < -0.4 is 16.0 Å². The number of alkyl carbamates (subject to hydrolysis) is 2. The third-order valence-electron chi connectivity index (χ3n) is 4.89. The van der Waals surface area contributed by atoms with Crippen molar-refractivity contribution in [1.82, 2.24) is 16.0 Å². The smallest absolute Gasteiger partial charge is 0.408 e. The Hall–Kier alpha value is -3.50.